The van der Waals surface area contributed by atoms with Gasteiger partial charge in [0, 0.05) is 38.2 Å². The monoisotopic (exact) mass is 397 g/mol. The predicted molar refractivity (Wildman–Crippen MR) is 107 cm³/mol. The summed E-state index contributed by atoms with van der Waals surface area (Å²) >= 11 is 0. The molecular formula is C21H27N5O3. The van der Waals surface area contributed by atoms with Gasteiger partial charge in [0.25, 0.3) is 0 Å². The summed E-state index contributed by atoms with van der Waals surface area (Å²) < 4.78 is 4.69. The Morgan fingerprint density at radius 1 is 1.24 bits per heavy atom. The minimum atomic E-state index is -0.417. The molecule has 154 valence electrons. The van der Waals surface area contributed by atoms with E-state index in [4.69, 9.17) is 4.74 Å². The Labute approximate surface area is 170 Å². The second kappa shape index (κ2) is 8.42. The number of aliphatic hydroxyl groups is 1. The van der Waals surface area contributed by atoms with Gasteiger partial charge in [-0.05, 0) is 49.4 Å². The lowest BCUT2D eigenvalue weighted by Crippen LogP contribution is -2.54. The molecule has 2 aromatic heterocycles. The smallest absolute Gasteiger partial charge is 0.356 e. The number of esters is 1. The van der Waals surface area contributed by atoms with Gasteiger partial charge in [-0.3, -0.25) is 9.88 Å². The summed E-state index contributed by atoms with van der Waals surface area (Å²) in [7, 11) is 1.36. The maximum absolute atomic E-state index is 11.5. The average Bonchev–Trinajstić information content (AvgIpc) is 2.76. The van der Waals surface area contributed by atoms with Gasteiger partial charge in [0.15, 0.2) is 0 Å². The number of carbonyl (C=O) groups is 1. The first kappa shape index (κ1) is 19.7. The van der Waals surface area contributed by atoms with Crippen LogP contribution in [0.1, 0.15) is 35.3 Å². The predicted octanol–water partition coefficient (Wildman–Crippen LogP) is 1.51. The summed E-state index contributed by atoms with van der Waals surface area (Å²) in [5.74, 6) is 0.421. The lowest BCUT2D eigenvalue weighted by molar-refractivity contribution is 0.0243. The Morgan fingerprint density at radius 3 is 2.72 bits per heavy atom. The highest BCUT2D eigenvalue weighted by atomic mass is 16.5. The molecule has 4 rings (SSSR count). The van der Waals surface area contributed by atoms with E-state index < -0.39 is 5.97 Å². The summed E-state index contributed by atoms with van der Waals surface area (Å²) in [5.41, 5.74) is 1.52. The molecule has 0 aromatic carbocycles. The van der Waals surface area contributed by atoms with Crippen LogP contribution >= 0.6 is 0 Å². The van der Waals surface area contributed by atoms with Crippen molar-refractivity contribution in [2.24, 2.45) is 5.41 Å². The molecular weight excluding hydrogens is 370 g/mol. The van der Waals surface area contributed by atoms with E-state index in [1.165, 1.54) is 7.11 Å². The van der Waals surface area contributed by atoms with Crippen molar-refractivity contribution in [2.45, 2.75) is 31.9 Å². The van der Waals surface area contributed by atoms with E-state index in [0.717, 1.165) is 56.8 Å². The molecule has 2 aliphatic heterocycles. The van der Waals surface area contributed by atoms with Gasteiger partial charge >= 0.3 is 5.97 Å². The lowest BCUT2D eigenvalue weighted by atomic mass is 9.71. The number of hydrogen-bond donors (Lipinski definition) is 1. The Hall–Kier alpha value is -2.58. The highest BCUT2D eigenvalue weighted by Crippen LogP contribution is 2.41. The molecule has 1 atom stereocenters. The van der Waals surface area contributed by atoms with Crippen molar-refractivity contribution in [3.63, 3.8) is 0 Å². The van der Waals surface area contributed by atoms with Crippen LogP contribution in [-0.2, 0) is 11.3 Å². The number of likely N-dealkylation sites (tertiary alicyclic amines) is 1. The fraction of sp³-hybridized carbons (Fsp3) is 0.524. The number of rotatable bonds is 4. The Balaban J connectivity index is 1.36. The molecule has 29 heavy (non-hydrogen) atoms. The van der Waals surface area contributed by atoms with Gasteiger partial charge in [0.2, 0.25) is 0 Å². The van der Waals surface area contributed by atoms with E-state index in [0.29, 0.717) is 12.2 Å². The molecule has 0 aliphatic carbocycles. The number of carbonyl (C=O) groups excluding carboxylic acids is 1. The molecule has 2 fully saturated rings. The van der Waals surface area contributed by atoms with E-state index >= 15 is 0 Å². The number of hydrogen-bond acceptors (Lipinski definition) is 8. The van der Waals surface area contributed by atoms with Crippen LogP contribution in [0.3, 0.4) is 0 Å². The fourth-order valence-corrected chi connectivity index (χ4v) is 4.53. The van der Waals surface area contributed by atoms with Crippen LogP contribution in [0.2, 0.25) is 0 Å². The standard InChI is InChI=1S/C21H27N5O3/c1-29-20(28)18-3-2-16(11-24-18)13-25-8-4-21(5-9-25)10-17(27)14-26(15-21)19-12-22-6-7-23-19/h2-3,6-7,11-12,17,27H,4-5,8-10,13-15H2,1H3. The highest BCUT2D eigenvalue weighted by Gasteiger charge is 2.41. The van der Waals surface area contributed by atoms with E-state index in [2.05, 4.69) is 24.8 Å². The molecule has 0 saturated carbocycles. The summed E-state index contributed by atoms with van der Waals surface area (Å²) in [6, 6.07) is 3.65. The molecule has 2 saturated heterocycles. The maximum atomic E-state index is 11.5. The van der Waals surface area contributed by atoms with Crippen molar-refractivity contribution in [3.05, 3.63) is 48.2 Å². The van der Waals surface area contributed by atoms with Crippen LogP contribution in [0.5, 0.6) is 0 Å². The third-order valence-corrected chi connectivity index (χ3v) is 6.04. The molecule has 8 nitrogen and oxygen atoms in total. The van der Waals surface area contributed by atoms with Gasteiger partial charge in [0.05, 0.1) is 19.4 Å². The number of piperidine rings is 2. The number of anilines is 1. The molecule has 8 heteroatoms. The molecule has 1 spiro atoms. The molecule has 2 aliphatic rings. The average molecular weight is 397 g/mol. The quantitative estimate of drug-likeness (QED) is 0.777. The zero-order valence-corrected chi connectivity index (χ0v) is 16.7. The maximum Gasteiger partial charge on any atom is 0.356 e. The zero-order chi connectivity index (χ0) is 20.3. The minimum absolute atomic E-state index is 0.110. The van der Waals surface area contributed by atoms with Crippen LogP contribution in [0.4, 0.5) is 5.82 Å². The van der Waals surface area contributed by atoms with Gasteiger partial charge in [-0.15, -0.1) is 0 Å². The van der Waals surface area contributed by atoms with Gasteiger partial charge in [0.1, 0.15) is 11.5 Å². The summed E-state index contributed by atoms with van der Waals surface area (Å²) in [4.78, 5) is 28.9. The summed E-state index contributed by atoms with van der Waals surface area (Å²) in [6.07, 6.45) is 9.46. The number of methoxy groups -OCH3 is 1. The number of aliphatic hydroxyl groups excluding tert-OH is 1. The van der Waals surface area contributed by atoms with Gasteiger partial charge in [-0.1, -0.05) is 6.07 Å². The van der Waals surface area contributed by atoms with Crippen molar-refractivity contribution >= 4 is 11.8 Å². The second-order valence-electron chi connectivity index (χ2n) is 8.12. The van der Waals surface area contributed by atoms with Crippen LogP contribution in [0, 0.1) is 5.41 Å². The Bertz CT molecular complexity index is 822. The molecule has 1 N–H and O–H groups in total. The van der Waals surface area contributed by atoms with Crippen molar-refractivity contribution in [2.75, 3.05) is 38.2 Å². The molecule has 1 unspecified atom stereocenters. The normalized spacial score (nSPS) is 21.9. The third kappa shape index (κ3) is 4.54. The number of nitrogens with zero attached hydrogens (tertiary/aromatic N) is 5. The molecule has 0 amide bonds. The first-order valence-electron chi connectivity index (χ1n) is 10.0. The minimum Gasteiger partial charge on any atom is -0.464 e. The summed E-state index contributed by atoms with van der Waals surface area (Å²) in [5, 5.41) is 10.5. The first-order chi connectivity index (χ1) is 14.1. The van der Waals surface area contributed by atoms with Crippen LogP contribution in [0.25, 0.3) is 0 Å². The molecule has 0 radical (unpaired) electrons. The number of aromatic nitrogens is 3. The number of ether oxygens (including phenoxy) is 1. The third-order valence-electron chi connectivity index (χ3n) is 6.04. The largest absolute Gasteiger partial charge is 0.464 e. The molecule has 0 bridgehead atoms. The van der Waals surface area contributed by atoms with Crippen LogP contribution in [0.15, 0.2) is 36.9 Å². The van der Waals surface area contributed by atoms with Crippen molar-refractivity contribution in [3.8, 4) is 0 Å². The number of pyridine rings is 1. The SMILES string of the molecule is COC(=O)c1ccc(CN2CCC3(CC2)CC(O)CN(c2cnccn2)C3)cn1. The Kier molecular flexibility index (Phi) is 5.73. The van der Waals surface area contributed by atoms with E-state index in [1.807, 2.05) is 6.07 Å². The zero-order valence-electron chi connectivity index (χ0n) is 16.7. The van der Waals surface area contributed by atoms with Gasteiger partial charge in [-0.2, -0.15) is 0 Å². The van der Waals surface area contributed by atoms with Crippen LogP contribution in [-0.4, -0.2) is 70.3 Å². The van der Waals surface area contributed by atoms with Gasteiger partial charge < -0.3 is 14.7 Å². The van der Waals surface area contributed by atoms with E-state index in [-0.39, 0.29) is 11.5 Å². The number of β-amino-alcohol motifs (C(OH)–C–C–N with tert-alkyl or cyclic N) is 1. The van der Waals surface area contributed by atoms with E-state index in [1.54, 1.807) is 30.9 Å². The van der Waals surface area contributed by atoms with E-state index in [9.17, 15) is 9.90 Å². The Morgan fingerprint density at radius 2 is 2.07 bits per heavy atom. The first-order valence-corrected chi connectivity index (χ1v) is 10.0. The van der Waals surface area contributed by atoms with Crippen LogP contribution < -0.4 is 4.90 Å². The fourth-order valence-electron chi connectivity index (χ4n) is 4.53. The van der Waals surface area contributed by atoms with Crippen molar-refractivity contribution in [1.29, 1.82) is 0 Å². The highest BCUT2D eigenvalue weighted by molar-refractivity contribution is 5.86. The van der Waals surface area contributed by atoms with Crippen molar-refractivity contribution in [1.82, 2.24) is 19.9 Å². The topological polar surface area (TPSA) is 91.7 Å². The van der Waals surface area contributed by atoms with Gasteiger partial charge in [-0.25, -0.2) is 14.8 Å². The lowest BCUT2D eigenvalue weighted by Gasteiger charge is -2.49. The molecule has 2 aromatic rings. The second-order valence-corrected chi connectivity index (χ2v) is 8.12. The summed E-state index contributed by atoms with van der Waals surface area (Å²) in [6.45, 7) is 4.27. The molecule has 4 heterocycles. The van der Waals surface area contributed by atoms with Crippen molar-refractivity contribution < 1.29 is 14.6 Å².